The first-order valence-corrected chi connectivity index (χ1v) is 10.9. The Labute approximate surface area is 189 Å². The third-order valence-electron chi connectivity index (χ3n) is 5.70. The maximum Gasteiger partial charge on any atom is 0.232 e. The van der Waals surface area contributed by atoms with Gasteiger partial charge in [0.2, 0.25) is 5.95 Å². The topological polar surface area (TPSA) is 104 Å². The van der Waals surface area contributed by atoms with Crippen LogP contribution in [0, 0.1) is 0 Å². The second-order valence-electron chi connectivity index (χ2n) is 7.77. The molecule has 6 rings (SSSR count). The Morgan fingerprint density at radius 3 is 2.58 bits per heavy atom. The summed E-state index contributed by atoms with van der Waals surface area (Å²) in [5.41, 5.74) is 3.42. The molecule has 1 aliphatic rings. The summed E-state index contributed by atoms with van der Waals surface area (Å²) in [5, 5.41) is 8.75. The van der Waals surface area contributed by atoms with E-state index in [-0.39, 0.29) is 0 Å². The Balaban J connectivity index is 1.30. The second kappa shape index (κ2) is 8.36. The molecule has 1 aliphatic heterocycles. The molecule has 1 saturated heterocycles. The summed E-state index contributed by atoms with van der Waals surface area (Å²) < 4.78 is 5.45. The van der Waals surface area contributed by atoms with E-state index in [0.29, 0.717) is 23.2 Å². The number of ether oxygens (including phenoxy) is 1. The lowest BCUT2D eigenvalue weighted by molar-refractivity contribution is 0.122. The molecule has 0 unspecified atom stereocenters. The van der Waals surface area contributed by atoms with Crippen LogP contribution in [0.15, 0.2) is 67.1 Å². The molecule has 9 nitrogen and oxygen atoms in total. The summed E-state index contributed by atoms with van der Waals surface area (Å²) in [6.07, 6.45) is 3.39. The molecule has 9 heteroatoms. The van der Waals surface area contributed by atoms with E-state index in [2.05, 4.69) is 59.7 Å². The number of H-pyrrole nitrogens is 1. The molecule has 2 aromatic carbocycles. The van der Waals surface area contributed by atoms with E-state index < -0.39 is 0 Å². The molecule has 4 heterocycles. The van der Waals surface area contributed by atoms with Gasteiger partial charge < -0.3 is 25.3 Å². The highest BCUT2D eigenvalue weighted by molar-refractivity contribution is 5.93. The minimum Gasteiger partial charge on any atom is -0.378 e. The van der Waals surface area contributed by atoms with Crippen molar-refractivity contribution in [2.24, 2.45) is 0 Å². The quantitative estimate of drug-likeness (QED) is 0.375. The second-order valence-corrected chi connectivity index (χ2v) is 7.77. The summed E-state index contributed by atoms with van der Waals surface area (Å²) in [4.78, 5) is 23.5. The van der Waals surface area contributed by atoms with Crippen LogP contribution in [0.2, 0.25) is 0 Å². The SMILES string of the molecule is c1ccc2c(Nc3nc(Nc4ccc(N5CCOCC5)cc4)c4[nH]cnc4n3)nccc2c1. The minimum atomic E-state index is 0.422. The first kappa shape index (κ1) is 19.4. The highest BCUT2D eigenvalue weighted by atomic mass is 16.5. The van der Waals surface area contributed by atoms with Crippen LogP contribution >= 0.6 is 0 Å². The van der Waals surface area contributed by atoms with Gasteiger partial charge in [-0.3, -0.25) is 0 Å². The maximum atomic E-state index is 5.45. The van der Waals surface area contributed by atoms with Crippen LogP contribution in [0.4, 0.5) is 29.0 Å². The number of morpholine rings is 1. The normalized spacial score (nSPS) is 14.0. The van der Waals surface area contributed by atoms with Gasteiger partial charge in [-0.05, 0) is 35.7 Å². The molecule has 0 amide bonds. The van der Waals surface area contributed by atoms with Crippen LogP contribution in [0.25, 0.3) is 21.9 Å². The standard InChI is InChI=1S/C24H22N8O/c1-2-4-19-16(3-1)9-10-25-21(19)29-24-30-22-20(26-15-27-22)23(31-24)28-17-5-7-18(8-6-17)32-11-13-33-14-12-32/h1-10,15H,11-14H2,(H3,25,26,27,28,29,30,31). The highest BCUT2D eigenvalue weighted by Gasteiger charge is 2.14. The molecule has 1 fully saturated rings. The van der Waals surface area contributed by atoms with Gasteiger partial charge in [-0.1, -0.05) is 24.3 Å². The van der Waals surface area contributed by atoms with Gasteiger partial charge in [0.15, 0.2) is 11.5 Å². The lowest BCUT2D eigenvalue weighted by Gasteiger charge is -2.28. The van der Waals surface area contributed by atoms with Crippen LogP contribution in [0.3, 0.4) is 0 Å². The number of imidazole rings is 1. The third-order valence-corrected chi connectivity index (χ3v) is 5.70. The van der Waals surface area contributed by atoms with Gasteiger partial charge in [-0.2, -0.15) is 9.97 Å². The number of rotatable bonds is 5. The molecule has 5 aromatic rings. The van der Waals surface area contributed by atoms with Gasteiger partial charge in [-0.15, -0.1) is 0 Å². The lowest BCUT2D eigenvalue weighted by atomic mass is 10.1. The van der Waals surface area contributed by atoms with Crippen LogP contribution in [-0.4, -0.2) is 51.2 Å². The van der Waals surface area contributed by atoms with Crippen molar-refractivity contribution < 1.29 is 4.74 Å². The van der Waals surface area contributed by atoms with Gasteiger partial charge in [0.05, 0.1) is 19.5 Å². The molecule has 164 valence electrons. The summed E-state index contributed by atoms with van der Waals surface area (Å²) in [5.74, 6) is 1.76. The van der Waals surface area contributed by atoms with Crippen molar-refractivity contribution in [3.05, 3.63) is 67.1 Å². The van der Waals surface area contributed by atoms with Crippen LogP contribution in [0.5, 0.6) is 0 Å². The van der Waals surface area contributed by atoms with Crippen LogP contribution < -0.4 is 15.5 Å². The minimum absolute atomic E-state index is 0.422. The summed E-state index contributed by atoms with van der Waals surface area (Å²) in [6.45, 7) is 3.34. The number of nitrogens with one attached hydrogen (secondary N) is 3. The zero-order valence-electron chi connectivity index (χ0n) is 17.8. The zero-order valence-corrected chi connectivity index (χ0v) is 17.8. The first-order chi connectivity index (χ1) is 16.3. The number of hydrogen-bond acceptors (Lipinski definition) is 8. The van der Waals surface area contributed by atoms with Crippen LogP contribution in [0.1, 0.15) is 0 Å². The molecule has 33 heavy (non-hydrogen) atoms. The number of aromatic amines is 1. The Kier molecular flexibility index (Phi) is 4.93. The fourth-order valence-electron chi connectivity index (χ4n) is 4.02. The number of aromatic nitrogens is 5. The van der Waals surface area contributed by atoms with Crippen molar-refractivity contribution in [3.8, 4) is 0 Å². The first-order valence-electron chi connectivity index (χ1n) is 10.9. The van der Waals surface area contributed by atoms with E-state index >= 15 is 0 Å². The van der Waals surface area contributed by atoms with E-state index in [4.69, 9.17) is 9.72 Å². The fraction of sp³-hybridized carbons (Fsp3) is 0.167. The van der Waals surface area contributed by atoms with E-state index in [1.807, 2.05) is 30.3 Å². The van der Waals surface area contributed by atoms with Crippen LogP contribution in [-0.2, 0) is 4.74 Å². The van der Waals surface area contributed by atoms with Crippen molar-refractivity contribution in [1.29, 1.82) is 0 Å². The Hall–Kier alpha value is -4.24. The van der Waals surface area contributed by atoms with E-state index in [9.17, 15) is 0 Å². The predicted octanol–water partition coefficient (Wildman–Crippen LogP) is 4.22. The molecule has 0 aliphatic carbocycles. The van der Waals surface area contributed by atoms with Gasteiger partial charge in [-0.25, -0.2) is 9.97 Å². The summed E-state index contributed by atoms with van der Waals surface area (Å²) in [7, 11) is 0. The number of nitrogens with zero attached hydrogens (tertiary/aromatic N) is 5. The third kappa shape index (κ3) is 3.90. The zero-order chi connectivity index (χ0) is 22.0. The van der Waals surface area contributed by atoms with Gasteiger partial charge >= 0.3 is 0 Å². The summed E-state index contributed by atoms with van der Waals surface area (Å²) in [6, 6.07) is 18.4. The largest absolute Gasteiger partial charge is 0.378 e. The Morgan fingerprint density at radius 1 is 0.848 bits per heavy atom. The molecule has 3 aromatic heterocycles. The van der Waals surface area contributed by atoms with Crippen molar-refractivity contribution in [1.82, 2.24) is 24.9 Å². The number of pyridine rings is 1. The van der Waals surface area contributed by atoms with E-state index in [1.165, 1.54) is 5.69 Å². The molecule has 0 radical (unpaired) electrons. The van der Waals surface area contributed by atoms with Gasteiger partial charge in [0.25, 0.3) is 0 Å². The number of anilines is 5. The molecule has 3 N–H and O–H groups in total. The fourth-order valence-corrected chi connectivity index (χ4v) is 4.02. The maximum absolute atomic E-state index is 5.45. The monoisotopic (exact) mass is 438 g/mol. The number of fused-ring (bicyclic) bond motifs is 2. The van der Waals surface area contributed by atoms with Gasteiger partial charge in [0.1, 0.15) is 11.3 Å². The number of hydrogen-bond donors (Lipinski definition) is 3. The molecule has 0 atom stereocenters. The van der Waals surface area contributed by atoms with Crippen molar-refractivity contribution >= 4 is 50.9 Å². The lowest BCUT2D eigenvalue weighted by Crippen LogP contribution is -2.36. The van der Waals surface area contributed by atoms with Crippen molar-refractivity contribution in [2.75, 3.05) is 41.8 Å². The average molecular weight is 438 g/mol. The van der Waals surface area contributed by atoms with E-state index in [0.717, 1.165) is 48.3 Å². The highest BCUT2D eigenvalue weighted by Crippen LogP contribution is 2.27. The number of benzene rings is 2. The molecular weight excluding hydrogens is 416 g/mol. The molecular formula is C24H22N8O. The average Bonchev–Trinajstić information content (AvgIpc) is 3.34. The predicted molar refractivity (Wildman–Crippen MR) is 129 cm³/mol. The molecule has 0 bridgehead atoms. The van der Waals surface area contributed by atoms with E-state index in [1.54, 1.807) is 12.5 Å². The smallest absolute Gasteiger partial charge is 0.232 e. The van der Waals surface area contributed by atoms with Crippen molar-refractivity contribution in [2.45, 2.75) is 0 Å². The van der Waals surface area contributed by atoms with Crippen molar-refractivity contribution in [3.63, 3.8) is 0 Å². The Morgan fingerprint density at radius 2 is 1.70 bits per heavy atom. The van der Waals surface area contributed by atoms with Gasteiger partial charge in [0, 0.05) is 36.0 Å². The molecule has 0 saturated carbocycles. The molecule has 0 spiro atoms. The Bertz CT molecular complexity index is 1400. The summed E-state index contributed by atoms with van der Waals surface area (Å²) >= 11 is 0.